The smallest absolute Gasteiger partial charge is 0.416 e. The molecule has 2 rings (SSSR count). The second-order valence-corrected chi connectivity index (χ2v) is 7.15. The highest BCUT2D eigenvalue weighted by molar-refractivity contribution is 7.92. The molecule has 0 radical (unpaired) electrons. The molecule has 0 heterocycles. The van der Waals surface area contributed by atoms with Gasteiger partial charge in [0.2, 0.25) is 0 Å². The van der Waals surface area contributed by atoms with Gasteiger partial charge in [-0.25, -0.2) is 8.42 Å². The van der Waals surface area contributed by atoms with E-state index in [1.165, 1.54) is 18.2 Å². The van der Waals surface area contributed by atoms with Crippen molar-refractivity contribution in [3.05, 3.63) is 59.7 Å². The van der Waals surface area contributed by atoms with E-state index in [-0.39, 0.29) is 22.7 Å². The first kappa shape index (κ1) is 21.2. The fourth-order valence-electron chi connectivity index (χ4n) is 2.09. The lowest BCUT2D eigenvalue weighted by atomic mass is 10.2. The molecule has 2 aromatic carbocycles. The Labute approximate surface area is 158 Å². The first-order valence-electron chi connectivity index (χ1n) is 7.68. The van der Waals surface area contributed by atoms with Crippen LogP contribution in [0.1, 0.15) is 15.9 Å². The Kier molecular flexibility index (Phi) is 6.29. The van der Waals surface area contributed by atoms with Gasteiger partial charge in [-0.1, -0.05) is 6.07 Å². The third kappa shape index (κ3) is 5.46. The molecule has 0 spiro atoms. The van der Waals surface area contributed by atoms with Crippen molar-refractivity contribution in [2.45, 2.75) is 11.1 Å². The number of methoxy groups -OCH3 is 1. The van der Waals surface area contributed by atoms with Crippen LogP contribution in [0.3, 0.4) is 0 Å². The van der Waals surface area contributed by atoms with Gasteiger partial charge in [0.25, 0.3) is 15.9 Å². The molecule has 0 saturated heterocycles. The van der Waals surface area contributed by atoms with Crippen molar-refractivity contribution in [2.24, 2.45) is 0 Å². The Morgan fingerprint density at radius 3 is 2.29 bits per heavy atom. The van der Waals surface area contributed by atoms with Gasteiger partial charge in [-0.15, -0.1) is 0 Å². The third-order valence-corrected chi connectivity index (χ3v) is 4.89. The van der Waals surface area contributed by atoms with Crippen LogP contribution in [0.5, 0.6) is 0 Å². The van der Waals surface area contributed by atoms with Crippen LogP contribution in [-0.2, 0) is 25.7 Å². The van der Waals surface area contributed by atoms with Crippen LogP contribution in [0, 0.1) is 0 Å². The quantitative estimate of drug-likeness (QED) is 0.705. The zero-order valence-corrected chi connectivity index (χ0v) is 15.2. The van der Waals surface area contributed by atoms with Gasteiger partial charge in [-0.05, 0) is 42.5 Å². The molecular formula is C17H15F3N2O5S. The zero-order chi connectivity index (χ0) is 20.9. The zero-order valence-electron chi connectivity index (χ0n) is 14.4. The van der Waals surface area contributed by atoms with E-state index in [4.69, 9.17) is 0 Å². The standard InChI is InChI=1S/C17H15F3N2O5S/c1-27-15(23)10-21-16(24)11-5-7-14(8-6-11)28(25,26)22-13-4-2-3-12(9-13)17(18,19)20/h2-9,22H,10H2,1H3,(H,21,24). The molecule has 28 heavy (non-hydrogen) atoms. The summed E-state index contributed by atoms with van der Waals surface area (Å²) in [6, 6.07) is 8.38. The van der Waals surface area contributed by atoms with Crippen molar-refractivity contribution in [1.29, 1.82) is 0 Å². The average Bonchev–Trinajstić information content (AvgIpc) is 2.65. The number of hydrogen-bond acceptors (Lipinski definition) is 5. The predicted molar refractivity (Wildman–Crippen MR) is 93.0 cm³/mol. The van der Waals surface area contributed by atoms with Crippen LogP contribution in [0.15, 0.2) is 53.4 Å². The highest BCUT2D eigenvalue weighted by atomic mass is 32.2. The summed E-state index contributed by atoms with van der Waals surface area (Å²) in [6.45, 7) is -0.355. The highest BCUT2D eigenvalue weighted by Gasteiger charge is 2.30. The number of carbonyl (C=O) groups excluding carboxylic acids is 2. The van der Waals surface area contributed by atoms with Crippen molar-refractivity contribution in [3.63, 3.8) is 0 Å². The van der Waals surface area contributed by atoms with Gasteiger partial charge in [-0.3, -0.25) is 14.3 Å². The van der Waals surface area contributed by atoms with E-state index < -0.39 is 33.6 Å². The number of sulfonamides is 1. The highest BCUT2D eigenvalue weighted by Crippen LogP contribution is 2.31. The molecule has 150 valence electrons. The molecule has 0 saturated carbocycles. The number of carbonyl (C=O) groups is 2. The van der Waals surface area contributed by atoms with Gasteiger partial charge in [0.15, 0.2) is 0 Å². The number of nitrogens with one attached hydrogen (secondary N) is 2. The maximum atomic E-state index is 12.7. The lowest BCUT2D eigenvalue weighted by molar-refractivity contribution is -0.139. The monoisotopic (exact) mass is 416 g/mol. The number of esters is 1. The lowest BCUT2D eigenvalue weighted by Gasteiger charge is -2.11. The Morgan fingerprint density at radius 2 is 1.71 bits per heavy atom. The number of benzene rings is 2. The van der Waals surface area contributed by atoms with E-state index in [1.807, 2.05) is 0 Å². The van der Waals surface area contributed by atoms with Gasteiger partial charge in [0, 0.05) is 11.3 Å². The summed E-state index contributed by atoms with van der Waals surface area (Å²) in [7, 11) is -3.01. The van der Waals surface area contributed by atoms with Crippen molar-refractivity contribution in [2.75, 3.05) is 18.4 Å². The fraction of sp³-hybridized carbons (Fsp3) is 0.176. The fourth-order valence-corrected chi connectivity index (χ4v) is 3.13. The minimum absolute atomic E-state index is 0.0851. The SMILES string of the molecule is COC(=O)CNC(=O)c1ccc(S(=O)(=O)Nc2cccc(C(F)(F)F)c2)cc1. The minimum Gasteiger partial charge on any atom is -0.468 e. The van der Waals surface area contributed by atoms with Gasteiger partial charge < -0.3 is 10.1 Å². The number of amides is 1. The van der Waals surface area contributed by atoms with Gasteiger partial charge in [-0.2, -0.15) is 13.2 Å². The molecule has 0 unspecified atom stereocenters. The van der Waals surface area contributed by atoms with Crippen LogP contribution in [0.25, 0.3) is 0 Å². The molecule has 0 aliphatic heterocycles. The largest absolute Gasteiger partial charge is 0.468 e. The summed E-state index contributed by atoms with van der Waals surface area (Å²) in [5, 5.41) is 2.28. The molecule has 0 atom stereocenters. The van der Waals surface area contributed by atoms with Crippen LogP contribution < -0.4 is 10.0 Å². The Morgan fingerprint density at radius 1 is 1.07 bits per heavy atom. The van der Waals surface area contributed by atoms with Crippen molar-refractivity contribution in [3.8, 4) is 0 Å². The summed E-state index contributed by atoms with van der Waals surface area (Å²) >= 11 is 0. The summed E-state index contributed by atoms with van der Waals surface area (Å²) < 4.78 is 69.3. The van der Waals surface area contributed by atoms with Crippen LogP contribution in [0.4, 0.5) is 18.9 Å². The maximum absolute atomic E-state index is 12.7. The van der Waals surface area contributed by atoms with Crippen LogP contribution >= 0.6 is 0 Å². The second kappa shape index (κ2) is 8.30. The van der Waals surface area contributed by atoms with Gasteiger partial charge in [0.1, 0.15) is 6.54 Å². The topological polar surface area (TPSA) is 102 Å². The maximum Gasteiger partial charge on any atom is 0.416 e. The van der Waals surface area contributed by atoms with E-state index in [9.17, 15) is 31.2 Å². The molecule has 0 bridgehead atoms. The minimum atomic E-state index is -4.61. The van der Waals surface area contributed by atoms with E-state index in [0.717, 1.165) is 31.4 Å². The first-order valence-corrected chi connectivity index (χ1v) is 9.16. The van der Waals surface area contributed by atoms with Crippen LogP contribution in [0.2, 0.25) is 0 Å². The number of anilines is 1. The number of halogens is 3. The number of hydrogen-bond donors (Lipinski definition) is 2. The van der Waals surface area contributed by atoms with E-state index in [1.54, 1.807) is 0 Å². The Hall–Kier alpha value is -3.08. The second-order valence-electron chi connectivity index (χ2n) is 5.47. The molecule has 0 aliphatic carbocycles. The molecule has 2 N–H and O–H groups in total. The molecular weight excluding hydrogens is 401 g/mol. The molecule has 1 amide bonds. The summed E-state index contributed by atoms with van der Waals surface area (Å²) in [5.74, 6) is -1.28. The summed E-state index contributed by atoms with van der Waals surface area (Å²) in [4.78, 5) is 22.6. The normalized spacial score (nSPS) is 11.6. The average molecular weight is 416 g/mol. The third-order valence-electron chi connectivity index (χ3n) is 3.49. The molecule has 7 nitrogen and oxygen atoms in total. The number of ether oxygens (including phenoxy) is 1. The van der Waals surface area contributed by atoms with E-state index >= 15 is 0 Å². The van der Waals surface area contributed by atoms with Crippen LogP contribution in [-0.4, -0.2) is 33.9 Å². The lowest BCUT2D eigenvalue weighted by Crippen LogP contribution is -2.30. The molecule has 2 aromatic rings. The van der Waals surface area contributed by atoms with Crippen molar-refractivity contribution < 1.29 is 35.9 Å². The van der Waals surface area contributed by atoms with Gasteiger partial charge >= 0.3 is 12.1 Å². The van der Waals surface area contributed by atoms with E-state index in [0.29, 0.717) is 6.07 Å². The number of rotatable bonds is 6. The Balaban J connectivity index is 2.14. The summed E-state index contributed by atoms with van der Waals surface area (Å²) in [6.07, 6.45) is -4.61. The van der Waals surface area contributed by atoms with Crippen molar-refractivity contribution >= 4 is 27.6 Å². The predicted octanol–water partition coefficient (Wildman–Crippen LogP) is 2.41. The molecule has 0 fully saturated rings. The first-order chi connectivity index (χ1) is 13.0. The van der Waals surface area contributed by atoms with Crippen molar-refractivity contribution in [1.82, 2.24) is 5.32 Å². The van der Waals surface area contributed by atoms with E-state index in [2.05, 4.69) is 14.8 Å². The summed E-state index contributed by atoms with van der Waals surface area (Å²) in [5.41, 5.74) is -1.16. The molecule has 0 aliphatic rings. The molecule has 11 heteroatoms. The Bertz CT molecular complexity index is 973. The molecule has 0 aromatic heterocycles. The van der Waals surface area contributed by atoms with Gasteiger partial charge in [0.05, 0.1) is 17.6 Å². The number of alkyl halides is 3.